The Kier molecular flexibility index (Phi) is 10.4. The average Bonchev–Trinajstić information content (AvgIpc) is 2.86. The maximum Gasteiger partial charge on any atom is 0.191 e. The summed E-state index contributed by atoms with van der Waals surface area (Å²) in [5.41, 5.74) is 0. The van der Waals surface area contributed by atoms with E-state index < -0.39 is 0 Å². The molecule has 1 aliphatic rings. The maximum atomic E-state index is 4.25. The third-order valence-corrected chi connectivity index (χ3v) is 3.19. The molecule has 1 rings (SSSR count). The predicted molar refractivity (Wildman–Crippen MR) is 89.9 cm³/mol. The predicted octanol–water partition coefficient (Wildman–Crippen LogP) is 1.83. The number of halogens is 1. The van der Waals surface area contributed by atoms with E-state index in [0.29, 0.717) is 6.04 Å². The molecule has 2 N–H and O–H groups in total. The minimum absolute atomic E-state index is 0. The van der Waals surface area contributed by atoms with Crippen LogP contribution in [0.15, 0.2) is 17.1 Å². The number of rotatable bonds is 6. The van der Waals surface area contributed by atoms with Crippen LogP contribution in [0.5, 0.6) is 0 Å². The Morgan fingerprint density at radius 3 is 2.39 bits per heavy atom. The van der Waals surface area contributed by atoms with Crippen LogP contribution in [-0.4, -0.2) is 50.1 Å². The molecule has 0 aromatic carbocycles. The van der Waals surface area contributed by atoms with Gasteiger partial charge in [-0.3, -0.25) is 4.99 Å². The molecule has 0 fully saturated rings. The van der Waals surface area contributed by atoms with E-state index in [2.05, 4.69) is 46.5 Å². The van der Waals surface area contributed by atoms with Crippen LogP contribution < -0.4 is 10.6 Å². The Bertz CT molecular complexity index is 254. The van der Waals surface area contributed by atoms with Gasteiger partial charge in [0.15, 0.2) is 5.96 Å². The first-order chi connectivity index (χ1) is 8.30. The number of hydrogen-bond donors (Lipinski definition) is 2. The zero-order valence-electron chi connectivity index (χ0n) is 11.8. The van der Waals surface area contributed by atoms with E-state index in [0.717, 1.165) is 45.0 Å². The van der Waals surface area contributed by atoms with Crippen LogP contribution in [0.2, 0.25) is 0 Å². The molecule has 0 spiro atoms. The number of likely N-dealkylation sites (N-methyl/N-ethyl adjacent to an activating group) is 1. The van der Waals surface area contributed by atoms with Gasteiger partial charge in [-0.05, 0) is 25.9 Å². The minimum atomic E-state index is 0. The van der Waals surface area contributed by atoms with E-state index in [-0.39, 0.29) is 24.0 Å². The molecule has 5 heteroatoms. The topological polar surface area (TPSA) is 39.7 Å². The molecule has 0 amide bonds. The summed E-state index contributed by atoms with van der Waals surface area (Å²) in [6, 6.07) is 0.523. The maximum absolute atomic E-state index is 4.25. The van der Waals surface area contributed by atoms with Crippen molar-refractivity contribution in [2.75, 3.05) is 33.2 Å². The van der Waals surface area contributed by atoms with Crippen molar-refractivity contribution in [1.29, 1.82) is 0 Å². The van der Waals surface area contributed by atoms with Crippen LogP contribution in [-0.2, 0) is 0 Å². The number of guanidine groups is 1. The molecule has 106 valence electrons. The van der Waals surface area contributed by atoms with E-state index in [4.69, 9.17) is 0 Å². The Morgan fingerprint density at radius 2 is 1.89 bits per heavy atom. The summed E-state index contributed by atoms with van der Waals surface area (Å²) in [5.74, 6) is 0.922. The van der Waals surface area contributed by atoms with Gasteiger partial charge in [0.05, 0.1) is 0 Å². The summed E-state index contributed by atoms with van der Waals surface area (Å²) in [6.45, 7) is 8.62. The molecule has 0 aromatic heterocycles. The molecule has 18 heavy (non-hydrogen) atoms. The zero-order valence-corrected chi connectivity index (χ0v) is 14.1. The number of nitrogens with zero attached hydrogens (tertiary/aromatic N) is 2. The quantitative estimate of drug-likeness (QED) is 0.326. The first-order valence-electron chi connectivity index (χ1n) is 6.64. The van der Waals surface area contributed by atoms with Gasteiger partial charge >= 0.3 is 0 Å². The number of aliphatic imine (C=N–C) groups is 1. The lowest BCUT2D eigenvalue weighted by molar-refractivity contribution is 0.308. The Balaban J connectivity index is 0.00000289. The van der Waals surface area contributed by atoms with E-state index >= 15 is 0 Å². The summed E-state index contributed by atoms with van der Waals surface area (Å²) >= 11 is 0. The molecule has 0 atom stereocenters. The summed E-state index contributed by atoms with van der Waals surface area (Å²) in [6.07, 6.45) is 6.66. The van der Waals surface area contributed by atoms with Crippen molar-refractivity contribution in [1.82, 2.24) is 15.5 Å². The van der Waals surface area contributed by atoms with Crippen molar-refractivity contribution in [3.05, 3.63) is 12.2 Å². The van der Waals surface area contributed by atoms with Crippen LogP contribution in [0, 0.1) is 0 Å². The van der Waals surface area contributed by atoms with Gasteiger partial charge < -0.3 is 15.5 Å². The van der Waals surface area contributed by atoms with E-state index in [1.165, 1.54) is 0 Å². The molecule has 0 heterocycles. The fourth-order valence-electron chi connectivity index (χ4n) is 2.00. The highest BCUT2D eigenvalue weighted by molar-refractivity contribution is 14.0. The Morgan fingerprint density at radius 1 is 1.28 bits per heavy atom. The van der Waals surface area contributed by atoms with Crippen molar-refractivity contribution < 1.29 is 0 Å². The zero-order chi connectivity index (χ0) is 12.5. The minimum Gasteiger partial charge on any atom is -0.355 e. The molecule has 0 unspecified atom stereocenters. The first kappa shape index (κ1) is 17.7. The van der Waals surface area contributed by atoms with Crippen molar-refractivity contribution in [3.8, 4) is 0 Å². The normalized spacial score (nSPS) is 15.9. The summed E-state index contributed by atoms with van der Waals surface area (Å²) < 4.78 is 0. The lowest BCUT2D eigenvalue weighted by Crippen LogP contribution is -2.45. The molecule has 4 nitrogen and oxygen atoms in total. The summed E-state index contributed by atoms with van der Waals surface area (Å²) in [7, 11) is 1.83. The lowest BCUT2D eigenvalue weighted by Gasteiger charge is -2.20. The molecule has 1 aliphatic carbocycles. The van der Waals surface area contributed by atoms with Crippen molar-refractivity contribution in [3.63, 3.8) is 0 Å². The Labute approximate surface area is 128 Å². The molecular formula is C13H27IN4. The third-order valence-electron chi connectivity index (χ3n) is 3.19. The van der Waals surface area contributed by atoms with Gasteiger partial charge in [0, 0.05) is 26.2 Å². The second kappa shape index (κ2) is 10.6. The van der Waals surface area contributed by atoms with Gasteiger partial charge in [-0.25, -0.2) is 0 Å². The fraction of sp³-hybridized carbons (Fsp3) is 0.769. The van der Waals surface area contributed by atoms with Crippen LogP contribution in [0.3, 0.4) is 0 Å². The molecular weight excluding hydrogens is 339 g/mol. The standard InChI is InChI=1S/C13H26N4.HI/c1-4-17(5-2)11-10-15-13(14-3)16-12-8-6-7-9-12;/h6-7,12H,4-5,8-11H2,1-3H3,(H2,14,15,16);1H. The highest BCUT2D eigenvalue weighted by atomic mass is 127. The molecule has 0 aromatic rings. The molecule has 0 aliphatic heterocycles. The summed E-state index contributed by atoms with van der Waals surface area (Å²) in [4.78, 5) is 6.65. The van der Waals surface area contributed by atoms with Crippen LogP contribution in [0.4, 0.5) is 0 Å². The SMILES string of the molecule is CCN(CC)CCNC(=NC)NC1CC=CC1.I. The van der Waals surface area contributed by atoms with Gasteiger partial charge in [0.1, 0.15) is 0 Å². The molecule has 0 bridgehead atoms. The van der Waals surface area contributed by atoms with Crippen molar-refractivity contribution in [2.45, 2.75) is 32.7 Å². The molecule has 0 saturated heterocycles. The molecule has 0 saturated carbocycles. The lowest BCUT2D eigenvalue weighted by atomic mass is 10.2. The van der Waals surface area contributed by atoms with Crippen LogP contribution >= 0.6 is 24.0 Å². The van der Waals surface area contributed by atoms with Gasteiger partial charge in [-0.15, -0.1) is 24.0 Å². The fourth-order valence-corrected chi connectivity index (χ4v) is 2.00. The Hall–Kier alpha value is -0.300. The van der Waals surface area contributed by atoms with E-state index in [1.807, 2.05) is 7.05 Å². The highest BCUT2D eigenvalue weighted by Gasteiger charge is 2.11. The average molecular weight is 366 g/mol. The van der Waals surface area contributed by atoms with Crippen molar-refractivity contribution in [2.24, 2.45) is 4.99 Å². The van der Waals surface area contributed by atoms with Crippen LogP contribution in [0.25, 0.3) is 0 Å². The van der Waals surface area contributed by atoms with Gasteiger partial charge in [-0.2, -0.15) is 0 Å². The largest absolute Gasteiger partial charge is 0.355 e. The summed E-state index contributed by atoms with van der Waals surface area (Å²) in [5, 5.41) is 6.80. The first-order valence-corrected chi connectivity index (χ1v) is 6.64. The van der Waals surface area contributed by atoms with Crippen molar-refractivity contribution >= 4 is 29.9 Å². The van der Waals surface area contributed by atoms with Crippen LogP contribution in [0.1, 0.15) is 26.7 Å². The second-order valence-electron chi connectivity index (χ2n) is 4.31. The molecule has 0 radical (unpaired) electrons. The second-order valence-corrected chi connectivity index (χ2v) is 4.31. The number of nitrogens with one attached hydrogen (secondary N) is 2. The highest BCUT2D eigenvalue weighted by Crippen LogP contribution is 2.08. The van der Waals surface area contributed by atoms with E-state index in [1.54, 1.807) is 0 Å². The monoisotopic (exact) mass is 366 g/mol. The smallest absolute Gasteiger partial charge is 0.191 e. The van der Waals surface area contributed by atoms with Gasteiger partial charge in [0.25, 0.3) is 0 Å². The van der Waals surface area contributed by atoms with Gasteiger partial charge in [0.2, 0.25) is 0 Å². The number of hydrogen-bond acceptors (Lipinski definition) is 2. The van der Waals surface area contributed by atoms with Gasteiger partial charge in [-0.1, -0.05) is 26.0 Å². The van der Waals surface area contributed by atoms with E-state index in [9.17, 15) is 0 Å². The third kappa shape index (κ3) is 6.58.